The molecular formula is C11H10FN3O2S. The number of hydrogen-bond acceptors (Lipinski definition) is 4. The maximum absolute atomic E-state index is 13.2. The minimum atomic E-state index is -0.333. The Morgan fingerprint density at radius 1 is 1.56 bits per heavy atom. The van der Waals surface area contributed by atoms with E-state index in [1.807, 2.05) is 0 Å². The van der Waals surface area contributed by atoms with Crippen LogP contribution in [-0.2, 0) is 9.59 Å². The Kier molecular flexibility index (Phi) is 3.24. The highest BCUT2D eigenvalue weighted by atomic mass is 32.1. The summed E-state index contributed by atoms with van der Waals surface area (Å²) in [5.74, 6) is -0.274. The fourth-order valence-electron chi connectivity index (χ4n) is 1.74. The van der Waals surface area contributed by atoms with Crippen LogP contribution in [0.2, 0.25) is 0 Å². The largest absolute Gasteiger partial charge is 0.293 e. The second-order valence-corrected chi connectivity index (χ2v) is 4.69. The smallest absolute Gasteiger partial charge is 0.227 e. The van der Waals surface area contributed by atoms with Crippen LogP contribution in [0.1, 0.15) is 12.6 Å². The SMILES string of the molecule is CC(=O)/C(=N/NC=O)n1c(C)cc2sc(F)cc21. The van der Waals surface area contributed by atoms with Gasteiger partial charge >= 0.3 is 0 Å². The second kappa shape index (κ2) is 4.69. The molecule has 94 valence electrons. The molecule has 0 aliphatic carbocycles. The summed E-state index contributed by atoms with van der Waals surface area (Å²) in [6, 6.07) is 3.11. The number of Topliss-reactive ketones (excluding diaryl/α,β-unsaturated/α-hetero) is 1. The number of amides is 1. The quantitative estimate of drug-likeness (QED) is 0.398. The Hall–Kier alpha value is -2.02. The summed E-state index contributed by atoms with van der Waals surface area (Å²) in [7, 11) is 0. The molecule has 2 aromatic rings. The lowest BCUT2D eigenvalue weighted by Gasteiger charge is -2.07. The van der Waals surface area contributed by atoms with E-state index < -0.39 is 0 Å². The fraction of sp³-hybridized carbons (Fsp3) is 0.182. The van der Waals surface area contributed by atoms with Gasteiger partial charge in [-0.1, -0.05) is 0 Å². The van der Waals surface area contributed by atoms with Gasteiger partial charge in [0.15, 0.2) is 10.9 Å². The topological polar surface area (TPSA) is 63.5 Å². The standard InChI is InChI=1S/C11H10FN3O2S/c1-6-3-9-8(4-10(12)18-9)15(6)11(7(2)17)14-13-5-16/h3-5H,1-2H3,(H,13,16)/b14-11-. The highest BCUT2D eigenvalue weighted by Crippen LogP contribution is 2.27. The number of carbonyl (C=O) groups excluding carboxylic acids is 2. The molecule has 0 fully saturated rings. The van der Waals surface area contributed by atoms with Crippen molar-refractivity contribution in [3.8, 4) is 0 Å². The molecule has 2 aromatic heterocycles. The molecule has 0 saturated carbocycles. The predicted molar refractivity (Wildman–Crippen MR) is 67.2 cm³/mol. The first-order valence-corrected chi connectivity index (χ1v) is 5.91. The Labute approximate surface area is 106 Å². The maximum atomic E-state index is 13.2. The summed E-state index contributed by atoms with van der Waals surface area (Å²) in [5.41, 5.74) is 3.41. The minimum Gasteiger partial charge on any atom is -0.293 e. The Morgan fingerprint density at radius 2 is 2.28 bits per heavy atom. The first-order chi connectivity index (χ1) is 8.54. The molecule has 5 nitrogen and oxygen atoms in total. The van der Waals surface area contributed by atoms with Gasteiger partial charge in [-0.3, -0.25) is 14.2 Å². The van der Waals surface area contributed by atoms with Crippen molar-refractivity contribution in [1.29, 1.82) is 0 Å². The van der Waals surface area contributed by atoms with Crippen LogP contribution in [0.25, 0.3) is 10.2 Å². The van der Waals surface area contributed by atoms with Crippen molar-refractivity contribution in [3.63, 3.8) is 0 Å². The Bertz CT molecular complexity index is 657. The van der Waals surface area contributed by atoms with Crippen molar-refractivity contribution in [2.24, 2.45) is 5.10 Å². The number of thiophene rings is 1. The summed E-state index contributed by atoms with van der Waals surface area (Å²) in [6.45, 7) is 3.11. The van der Waals surface area contributed by atoms with Gasteiger partial charge in [0.2, 0.25) is 12.2 Å². The van der Waals surface area contributed by atoms with E-state index in [-0.39, 0.29) is 16.7 Å². The summed E-state index contributed by atoms with van der Waals surface area (Å²) in [5, 5.41) is 3.37. The lowest BCUT2D eigenvalue weighted by Crippen LogP contribution is -2.24. The van der Waals surface area contributed by atoms with E-state index in [0.29, 0.717) is 11.9 Å². The van der Waals surface area contributed by atoms with Crippen LogP contribution in [0, 0.1) is 12.1 Å². The van der Waals surface area contributed by atoms with E-state index in [2.05, 4.69) is 10.5 Å². The molecule has 0 spiro atoms. The molecule has 18 heavy (non-hydrogen) atoms. The zero-order valence-corrected chi connectivity index (χ0v) is 10.5. The lowest BCUT2D eigenvalue weighted by atomic mass is 10.3. The number of rotatable bonds is 3. The maximum Gasteiger partial charge on any atom is 0.227 e. The van der Waals surface area contributed by atoms with E-state index in [0.717, 1.165) is 21.7 Å². The number of nitrogens with zero attached hydrogens (tertiary/aromatic N) is 2. The van der Waals surface area contributed by atoms with E-state index in [1.165, 1.54) is 17.6 Å². The van der Waals surface area contributed by atoms with Crippen LogP contribution in [0.3, 0.4) is 0 Å². The van der Waals surface area contributed by atoms with Gasteiger partial charge in [0, 0.05) is 18.7 Å². The van der Waals surface area contributed by atoms with Crippen LogP contribution in [0.15, 0.2) is 17.2 Å². The van der Waals surface area contributed by atoms with E-state index in [4.69, 9.17) is 0 Å². The van der Waals surface area contributed by atoms with Crippen LogP contribution in [-0.4, -0.2) is 22.6 Å². The number of hydrogen-bond donors (Lipinski definition) is 1. The van der Waals surface area contributed by atoms with Crippen molar-refractivity contribution >= 4 is 39.6 Å². The van der Waals surface area contributed by atoms with Crippen molar-refractivity contribution in [2.75, 3.05) is 0 Å². The molecule has 0 aliphatic heterocycles. The third-order valence-electron chi connectivity index (χ3n) is 2.39. The number of ketones is 1. The van der Waals surface area contributed by atoms with Gasteiger partial charge in [-0.25, -0.2) is 5.43 Å². The van der Waals surface area contributed by atoms with Crippen molar-refractivity contribution < 1.29 is 14.0 Å². The number of hydrazone groups is 1. The molecule has 1 amide bonds. The van der Waals surface area contributed by atoms with E-state index in [9.17, 15) is 14.0 Å². The first-order valence-electron chi connectivity index (χ1n) is 5.10. The number of carbonyl (C=O) groups is 2. The molecule has 0 radical (unpaired) electrons. The van der Waals surface area contributed by atoms with Gasteiger partial charge in [0.1, 0.15) is 0 Å². The first kappa shape index (κ1) is 12.4. The predicted octanol–water partition coefficient (Wildman–Crippen LogP) is 1.65. The molecule has 0 aliphatic rings. The molecule has 1 N–H and O–H groups in total. The molecule has 0 aromatic carbocycles. The number of fused-ring (bicyclic) bond motifs is 1. The molecule has 2 rings (SSSR count). The molecule has 0 unspecified atom stereocenters. The molecular weight excluding hydrogens is 257 g/mol. The molecule has 0 atom stereocenters. The fourth-order valence-corrected chi connectivity index (χ4v) is 2.61. The van der Waals surface area contributed by atoms with Crippen LogP contribution in [0.4, 0.5) is 4.39 Å². The van der Waals surface area contributed by atoms with Crippen molar-refractivity contribution in [2.45, 2.75) is 13.8 Å². The Morgan fingerprint density at radius 3 is 2.89 bits per heavy atom. The number of aromatic nitrogens is 1. The van der Waals surface area contributed by atoms with Gasteiger partial charge < -0.3 is 0 Å². The highest BCUT2D eigenvalue weighted by molar-refractivity contribution is 7.17. The van der Waals surface area contributed by atoms with Gasteiger partial charge in [0.25, 0.3) is 0 Å². The van der Waals surface area contributed by atoms with Crippen LogP contribution >= 0.6 is 11.3 Å². The summed E-state index contributed by atoms with van der Waals surface area (Å²) in [6.07, 6.45) is 0.368. The zero-order chi connectivity index (χ0) is 13.3. The van der Waals surface area contributed by atoms with E-state index >= 15 is 0 Å². The molecule has 0 bridgehead atoms. The summed E-state index contributed by atoms with van der Waals surface area (Å²) in [4.78, 5) is 21.8. The zero-order valence-electron chi connectivity index (χ0n) is 9.73. The van der Waals surface area contributed by atoms with Gasteiger partial charge in [-0.05, 0) is 13.0 Å². The third-order valence-corrected chi connectivity index (χ3v) is 3.25. The van der Waals surface area contributed by atoms with Crippen molar-refractivity contribution in [1.82, 2.24) is 9.99 Å². The van der Waals surface area contributed by atoms with Crippen LogP contribution < -0.4 is 5.43 Å². The van der Waals surface area contributed by atoms with Crippen molar-refractivity contribution in [3.05, 3.63) is 23.0 Å². The third kappa shape index (κ3) is 2.04. The number of halogens is 1. The minimum absolute atomic E-state index is 0.0485. The average molecular weight is 267 g/mol. The lowest BCUT2D eigenvalue weighted by molar-refractivity contribution is -0.111. The normalized spacial score (nSPS) is 11.8. The summed E-state index contributed by atoms with van der Waals surface area (Å²) < 4.78 is 15.4. The highest BCUT2D eigenvalue weighted by Gasteiger charge is 2.17. The molecule has 0 saturated heterocycles. The molecule has 2 heterocycles. The monoisotopic (exact) mass is 267 g/mol. The van der Waals surface area contributed by atoms with Crippen LogP contribution in [0.5, 0.6) is 0 Å². The van der Waals surface area contributed by atoms with E-state index in [1.54, 1.807) is 13.0 Å². The Balaban J connectivity index is 2.66. The summed E-state index contributed by atoms with van der Waals surface area (Å²) >= 11 is 0.996. The average Bonchev–Trinajstić information content (AvgIpc) is 2.76. The number of nitrogens with one attached hydrogen (secondary N) is 1. The van der Waals surface area contributed by atoms with Gasteiger partial charge in [0.05, 0.1) is 10.2 Å². The number of aryl methyl sites for hydroxylation is 1. The molecule has 7 heteroatoms. The van der Waals surface area contributed by atoms with Gasteiger partial charge in [-0.2, -0.15) is 9.49 Å². The second-order valence-electron chi connectivity index (χ2n) is 3.66. The van der Waals surface area contributed by atoms with Gasteiger partial charge in [-0.15, -0.1) is 11.3 Å².